The Morgan fingerprint density at radius 2 is 1.71 bits per heavy atom. The second-order valence-corrected chi connectivity index (χ2v) is 4.38. The van der Waals surface area contributed by atoms with Crippen molar-refractivity contribution < 1.29 is 18.3 Å². The van der Waals surface area contributed by atoms with Crippen LogP contribution in [0.15, 0.2) is 12.1 Å². The minimum atomic E-state index is -1.30. The van der Waals surface area contributed by atoms with Crippen molar-refractivity contribution in [2.75, 3.05) is 6.61 Å². The predicted octanol–water partition coefficient (Wildman–Crippen LogP) is 2.54. The normalized spacial score (nSPS) is 13.1. The van der Waals surface area contributed by atoms with E-state index in [1.54, 1.807) is 13.8 Å². The molecule has 0 radical (unpaired) electrons. The highest BCUT2D eigenvalue weighted by Gasteiger charge is 2.32. The summed E-state index contributed by atoms with van der Waals surface area (Å²) in [5.74, 6) is -3.36. The van der Waals surface area contributed by atoms with Gasteiger partial charge in [0, 0.05) is 23.6 Å². The van der Waals surface area contributed by atoms with Gasteiger partial charge < -0.3 is 10.8 Å². The Morgan fingerprint density at radius 1 is 1.24 bits per heavy atom. The molecule has 0 saturated carbocycles. The van der Waals surface area contributed by atoms with E-state index in [2.05, 4.69) is 0 Å². The van der Waals surface area contributed by atoms with Crippen LogP contribution in [-0.4, -0.2) is 11.7 Å². The molecule has 0 amide bonds. The van der Waals surface area contributed by atoms with Crippen LogP contribution in [0.25, 0.3) is 0 Å². The van der Waals surface area contributed by atoms with E-state index in [0.29, 0.717) is 6.07 Å². The SMILES string of the molecule is CC(C)(CO)[C@H](N)c1c(F)ccc(F)c1F.Cl. The number of nitrogens with two attached hydrogens (primary N) is 1. The molecule has 0 fully saturated rings. The van der Waals surface area contributed by atoms with Gasteiger partial charge in [0.25, 0.3) is 0 Å². The van der Waals surface area contributed by atoms with Crippen molar-refractivity contribution in [3.05, 3.63) is 35.1 Å². The van der Waals surface area contributed by atoms with Crippen molar-refractivity contribution in [3.8, 4) is 0 Å². The molecule has 0 aliphatic carbocycles. The molecule has 98 valence electrons. The van der Waals surface area contributed by atoms with Gasteiger partial charge >= 0.3 is 0 Å². The number of aliphatic hydroxyl groups excluding tert-OH is 1. The summed E-state index contributed by atoms with van der Waals surface area (Å²) in [5.41, 5.74) is 4.18. The number of hydrogen-bond donors (Lipinski definition) is 2. The minimum Gasteiger partial charge on any atom is -0.396 e. The second kappa shape index (κ2) is 5.71. The van der Waals surface area contributed by atoms with Gasteiger partial charge in [0.15, 0.2) is 11.6 Å². The molecule has 1 aromatic rings. The average molecular weight is 270 g/mol. The van der Waals surface area contributed by atoms with Gasteiger partial charge in [-0.15, -0.1) is 12.4 Å². The number of hydrogen-bond acceptors (Lipinski definition) is 2. The number of rotatable bonds is 3. The molecule has 0 bridgehead atoms. The van der Waals surface area contributed by atoms with Crippen LogP contribution in [0, 0.1) is 22.9 Å². The second-order valence-electron chi connectivity index (χ2n) is 4.38. The van der Waals surface area contributed by atoms with E-state index in [1.165, 1.54) is 0 Å². The van der Waals surface area contributed by atoms with Crippen LogP contribution in [0.5, 0.6) is 0 Å². The first-order chi connectivity index (χ1) is 7.31. The summed E-state index contributed by atoms with van der Waals surface area (Å²) in [7, 11) is 0. The van der Waals surface area contributed by atoms with Gasteiger partial charge in [0.2, 0.25) is 0 Å². The number of benzene rings is 1. The summed E-state index contributed by atoms with van der Waals surface area (Å²) < 4.78 is 39.7. The van der Waals surface area contributed by atoms with E-state index in [4.69, 9.17) is 10.8 Å². The van der Waals surface area contributed by atoms with Crippen LogP contribution >= 0.6 is 12.4 Å². The molecule has 3 N–H and O–H groups in total. The van der Waals surface area contributed by atoms with Crippen LogP contribution in [0.2, 0.25) is 0 Å². The first kappa shape index (κ1) is 16.2. The first-order valence-corrected chi connectivity index (χ1v) is 4.81. The Kier molecular flexibility index (Phi) is 5.45. The van der Waals surface area contributed by atoms with Crippen molar-refractivity contribution in [3.63, 3.8) is 0 Å². The number of halogens is 4. The third kappa shape index (κ3) is 3.12. The third-order valence-electron chi connectivity index (χ3n) is 2.64. The molecule has 0 aromatic heterocycles. The van der Waals surface area contributed by atoms with Gasteiger partial charge in [-0.3, -0.25) is 0 Å². The summed E-state index contributed by atoms with van der Waals surface area (Å²) in [6.07, 6.45) is 0. The van der Waals surface area contributed by atoms with Crippen molar-refractivity contribution in [1.29, 1.82) is 0 Å². The molecule has 0 aliphatic heterocycles. The molecule has 1 atom stereocenters. The molecule has 2 nitrogen and oxygen atoms in total. The van der Waals surface area contributed by atoms with Crippen molar-refractivity contribution in [2.45, 2.75) is 19.9 Å². The monoisotopic (exact) mass is 269 g/mol. The molecule has 0 saturated heterocycles. The van der Waals surface area contributed by atoms with E-state index < -0.39 is 34.5 Å². The highest BCUT2D eigenvalue weighted by Crippen LogP contribution is 2.34. The van der Waals surface area contributed by atoms with Gasteiger partial charge in [-0.25, -0.2) is 13.2 Å². The summed E-state index contributed by atoms with van der Waals surface area (Å²) in [6.45, 7) is 2.73. The van der Waals surface area contributed by atoms with Gasteiger partial charge in [-0.05, 0) is 12.1 Å². The van der Waals surface area contributed by atoms with E-state index in [1.807, 2.05) is 0 Å². The van der Waals surface area contributed by atoms with Crippen LogP contribution < -0.4 is 5.73 Å². The fourth-order valence-corrected chi connectivity index (χ4v) is 1.32. The summed E-state index contributed by atoms with van der Waals surface area (Å²) in [6, 6.07) is 0.404. The fraction of sp³-hybridized carbons (Fsp3) is 0.455. The molecular formula is C11H15ClF3NO. The molecule has 0 unspecified atom stereocenters. The van der Waals surface area contributed by atoms with Crippen molar-refractivity contribution >= 4 is 12.4 Å². The van der Waals surface area contributed by atoms with Crippen molar-refractivity contribution in [1.82, 2.24) is 0 Å². The van der Waals surface area contributed by atoms with Gasteiger partial charge in [0.1, 0.15) is 5.82 Å². The topological polar surface area (TPSA) is 46.2 Å². The zero-order chi connectivity index (χ0) is 12.5. The Balaban J connectivity index is 0.00000256. The van der Waals surface area contributed by atoms with E-state index >= 15 is 0 Å². The zero-order valence-corrected chi connectivity index (χ0v) is 10.3. The molecule has 0 spiro atoms. The number of aliphatic hydroxyl groups is 1. The largest absolute Gasteiger partial charge is 0.396 e. The maximum Gasteiger partial charge on any atom is 0.166 e. The molecule has 0 heterocycles. The molecular weight excluding hydrogens is 255 g/mol. The standard InChI is InChI=1S/C11H14F3NO.ClH/c1-11(2,5-16)10(15)8-6(12)3-4-7(13)9(8)14;/h3-4,10,16H,5,15H2,1-2H3;1H/t10-;/m1./s1. The highest BCUT2D eigenvalue weighted by molar-refractivity contribution is 5.85. The Morgan fingerprint density at radius 3 is 2.18 bits per heavy atom. The fourth-order valence-electron chi connectivity index (χ4n) is 1.32. The van der Waals surface area contributed by atoms with Crippen LogP contribution in [-0.2, 0) is 0 Å². The van der Waals surface area contributed by atoms with Crippen molar-refractivity contribution in [2.24, 2.45) is 11.1 Å². The van der Waals surface area contributed by atoms with Gasteiger partial charge in [0.05, 0.1) is 0 Å². The highest BCUT2D eigenvalue weighted by atomic mass is 35.5. The average Bonchev–Trinajstić information content (AvgIpc) is 2.24. The lowest BCUT2D eigenvalue weighted by atomic mass is 9.81. The first-order valence-electron chi connectivity index (χ1n) is 4.81. The van der Waals surface area contributed by atoms with E-state index in [9.17, 15) is 13.2 Å². The summed E-state index contributed by atoms with van der Waals surface area (Å²) in [5, 5.41) is 9.06. The third-order valence-corrected chi connectivity index (χ3v) is 2.64. The Hall–Kier alpha value is -0.780. The van der Waals surface area contributed by atoms with Crippen LogP contribution in [0.4, 0.5) is 13.2 Å². The quantitative estimate of drug-likeness (QED) is 0.829. The Bertz CT molecular complexity index is 399. The van der Waals surface area contributed by atoms with Gasteiger partial charge in [-0.1, -0.05) is 13.8 Å². The van der Waals surface area contributed by atoms with E-state index in [0.717, 1.165) is 6.07 Å². The molecule has 1 aromatic carbocycles. The summed E-state index contributed by atoms with van der Waals surface area (Å²) >= 11 is 0. The molecule has 1 rings (SSSR count). The predicted molar refractivity (Wildman–Crippen MR) is 61.4 cm³/mol. The lowest BCUT2D eigenvalue weighted by Crippen LogP contribution is -2.34. The minimum absolute atomic E-state index is 0. The van der Waals surface area contributed by atoms with Crippen LogP contribution in [0.1, 0.15) is 25.5 Å². The Labute approximate surface area is 104 Å². The maximum atomic E-state index is 13.4. The van der Waals surface area contributed by atoms with Crippen LogP contribution in [0.3, 0.4) is 0 Å². The molecule has 6 heteroatoms. The molecule has 17 heavy (non-hydrogen) atoms. The van der Waals surface area contributed by atoms with E-state index in [-0.39, 0.29) is 19.0 Å². The zero-order valence-electron chi connectivity index (χ0n) is 9.51. The summed E-state index contributed by atoms with van der Waals surface area (Å²) in [4.78, 5) is 0. The lowest BCUT2D eigenvalue weighted by Gasteiger charge is -2.30. The maximum absolute atomic E-state index is 13.4. The lowest BCUT2D eigenvalue weighted by molar-refractivity contribution is 0.128. The van der Waals surface area contributed by atoms with Gasteiger partial charge in [-0.2, -0.15) is 0 Å². The smallest absolute Gasteiger partial charge is 0.166 e. The molecule has 0 aliphatic rings.